The third kappa shape index (κ3) is 2.47. The van der Waals surface area contributed by atoms with E-state index in [2.05, 4.69) is 13.8 Å². The predicted octanol–water partition coefficient (Wildman–Crippen LogP) is 4.45. The summed E-state index contributed by atoms with van der Waals surface area (Å²) >= 11 is 1.82. The highest BCUT2D eigenvalue weighted by atomic mass is 32.2. The zero-order valence-electron chi connectivity index (χ0n) is 20.9. The van der Waals surface area contributed by atoms with Gasteiger partial charge in [0, 0.05) is 32.4 Å². The van der Waals surface area contributed by atoms with E-state index < -0.39 is 32.1 Å². The van der Waals surface area contributed by atoms with E-state index in [0.29, 0.717) is 37.2 Å². The largest absolute Gasteiger partial charge is 0.299 e. The Bertz CT molecular complexity index is 1370. The van der Waals surface area contributed by atoms with Gasteiger partial charge < -0.3 is 0 Å². The van der Waals surface area contributed by atoms with Gasteiger partial charge in [-0.15, -0.1) is 11.3 Å². The second-order valence-corrected chi connectivity index (χ2v) is 15.2. The molecule has 0 N–H and O–H groups in total. The Kier molecular flexibility index (Phi) is 4.52. The molecule has 6 atom stereocenters. The number of thiophene rings is 1. The van der Waals surface area contributed by atoms with Crippen molar-refractivity contribution < 1.29 is 18.6 Å². The first-order valence-electron chi connectivity index (χ1n) is 12.8. The van der Waals surface area contributed by atoms with Crippen molar-refractivity contribution in [3.8, 4) is 0 Å². The predicted molar refractivity (Wildman–Crippen MR) is 140 cm³/mol. The lowest BCUT2D eigenvalue weighted by molar-refractivity contribution is -0.126. The monoisotopic (exact) mass is 519 g/mol. The lowest BCUT2D eigenvalue weighted by atomic mass is 9.63. The first-order valence-corrected chi connectivity index (χ1v) is 14.8. The Balaban J connectivity index is 1.36. The molecular formula is C29H29NO4S2. The van der Waals surface area contributed by atoms with Gasteiger partial charge in [0.25, 0.3) is 0 Å². The van der Waals surface area contributed by atoms with Gasteiger partial charge in [-0.05, 0) is 87.8 Å². The number of carbonyl (C=O) groups is 3. The minimum Gasteiger partial charge on any atom is -0.299 e. The van der Waals surface area contributed by atoms with E-state index in [0.717, 1.165) is 11.1 Å². The summed E-state index contributed by atoms with van der Waals surface area (Å²) < 4.78 is 12.4. The van der Waals surface area contributed by atoms with Crippen molar-refractivity contribution in [2.45, 2.75) is 62.9 Å². The van der Waals surface area contributed by atoms with Crippen LogP contribution in [0, 0.1) is 37.5 Å². The number of hydrogen-bond donors (Lipinski definition) is 0. The number of hydrogen-bond acceptors (Lipinski definition) is 5. The number of benzene rings is 1. The maximum Gasteiger partial charge on any atom is 0.239 e. The minimum atomic E-state index is -1.41. The quantitative estimate of drug-likeness (QED) is 0.412. The van der Waals surface area contributed by atoms with Crippen LogP contribution in [-0.4, -0.2) is 31.3 Å². The van der Waals surface area contributed by atoms with Gasteiger partial charge >= 0.3 is 0 Å². The SMILES string of the molecule is Cc1sc(C)c2c1CC1CC3=C(CC(C2)C1=O)C1(C)C2C(=O)N(c4ccccc4)C(=O)C2C3(C)S1=O. The Morgan fingerprint density at radius 1 is 0.806 bits per heavy atom. The Labute approximate surface area is 217 Å². The molecule has 4 bridgehead atoms. The molecule has 0 spiro atoms. The van der Waals surface area contributed by atoms with Crippen molar-refractivity contribution in [1.82, 2.24) is 0 Å². The highest BCUT2D eigenvalue weighted by molar-refractivity contribution is 7.89. The van der Waals surface area contributed by atoms with E-state index in [1.54, 1.807) is 12.1 Å². The zero-order valence-corrected chi connectivity index (χ0v) is 22.6. The third-order valence-electron chi connectivity index (χ3n) is 9.97. The van der Waals surface area contributed by atoms with Gasteiger partial charge in [0.05, 0.1) is 27.0 Å². The molecule has 2 fully saturated rings. The number of rotatable bonds is 1. The molecule has 2 aliphatic carbocycles. The van der Waals surface area contributed by atoms with Crippen molar-refractivity contribution in [3.63, 3.8) is 0 Å². The highest BCUT2D eigenvalue weighted by Crippen LogP contribution is 2.68. The molecule has 2 saturated heterocycles. The summed E-state index contributed by atoms with van der Waals surface area (Å²) in [5, 5.41) is 0. The molecule has 3 aliphatic heterocycles. The number of imide groups is 1. The number of anilines is 1. The maximum atomic E-state index is 14.3. The van der Waals surface area contributed by atoms with Crippen molar-refractivity contribution in [3.05, 3.63) is 62.4 Å². The van der Waals surface area contributed by atoms with E-state index in [9.17, 15) is 18.6 Å². The Morgan fingerprint density at radius 2 is 1.28 bits per heavy atom. The molecule has 7 heteroatoms. The molecule has 0 saturated carbocycles. The molecule has 4 heterocycles. The van der Waals surface area contributed by atoms with Crippen LogP contribution in [0.25, 0.3) is 0 Å². The van der Waals surface area contributed by atoms with Crippen LogP contribution in [0.3, 0.4) is 0 Å². The van der Waals surface area contributed by atoms with Crippen LogP contribution in [0.2, 0.25) is 0 Å². The number of aryl methyl sites for hydroxylation is 2. The first kappa shape index (κ1) is 22.8. The van der Waals surface area contributed by atoms with E-state index in [4.69, 9.17) is 0 Å². The standard InChI is InChI=1S/C29H29NO4S2/c1-14-19-10-16-12-21-22(13-17(25(16)31)11-20(19)15(2)35-14)29(4)24-23(28(21,3)36(29)34)26(32)30(27(24)33)18-8-6-5-7-9-18/h5-9,16-17,23-24H,10-13H2,1-4H3. The average Bonchev–Trinajstić information content (AvgIpc) is 3.30. The van der Waals surface area contributed by atoms with Crippen molar-refractivity contribution in [1.29, 1.82) is 0 Å². The molecule has 2 aromatic rings. The number of nitrogens with zero attached hydrogens (tertiary/aromatic N) is 1. The molecule has 7 rings (SSSR count). The average molecular weight is 520 g/mol. The molecule has 1 aromatic carbocycles. The highest BCUT2D eigenvalue weighted by Gasteiger charge is 2.78. The molecular weight excluding hydrogens is 490 g/mol. The summed E-state index contributed by atoms with van der Waals surface area (Å²) in [7, 11) is -1.41. The number of Topliss-reactive ketones (excluding diaryl/α,β-unsaturated/α-hetero) is 1. The lowest BCUT2D eigenvalue weighted by Crippen LogP contribution is -2.43. The molecule has 6 unspecified atom stereocenters. The van der Waals surface area contributed by atoms with Gasteiger partial charge in [-0.25, -0.2) is 4.90 Å². The minimum absolute atomic E-state index is 0.163. The van der Waals surface area contributed by atoms with Crippen LogP contribution < -0.4 is 4.90 Å². The van der Waals surface area contributed by atoms with Gasteiger partial charge in [-0.2, -0.15) is 0 Å². The fraction of sp³-hybridized carbons (Fsp3) is 0.483. The third-order valence-corrected chi connectivity index (χ3v) is 13.6. The number of carbonyl (C=O) groups excluding carboxylic acids is 3. The zero-order chi connectivity index (χ0) is 25.3. The number of fused-ring (bicyclic) bond motifs is 10. The van der Waals surface area contributed by atoms with Gasteiger partial charge in [0.15, 0.2) is 0 Å². The van der Waals surface area contributed by atoms with E-state index >= 15 is 0 Å². The molecule has 186 valence electrons. The van der Waals surface area contributed by atoms with Crippen LogP contribution in [0.4, 0.5) is 5.69 Å². The fourth-order valence-electron chi connectivity index (χ4n) is 8.31. The summed E-state index contributed by atoms with van der Waals surface area (Å²) in [6.07, 6.45) is 2.53. The number of amides is 2. The first-order chi connectivity index (χ1) is 17.1. The summed E-state index contributed by atoms with van der Waals surface area (Å²) in [6.45, 7) is 8.17. The molecule has 5 nitrogen and oxygen atoms in total. The van der Waals surface area contributed by atoms with Gasteiger partial charge in [0.1, 0.15) is 5.78 Å². The maximum absolute atomic E-state index is 14.3. The van der Waals surface area contributed by atoms with Crippen LogP contribution in [0.5, 0.6) is 0 Å². The molecule has 2 amide bonds. The molecule has 1 aromatic heterocycles. The van der Waals surface area contributed by atoms with Crippen LogP contribution >= 0.6 is 11.3 Å². The van der Waals surface area contributed by atoms with E-state index in [-0.39, 0.29) is 23.7 Å². The topological polar surface area (TPSA) is 71.5 Å². The number of ketones is 1. The lowest BCUT2D eigenvalue weighted by Gasteiger charge is -2.35. The molecule has 36 heavy (non-hydrogen) atoms. The van der Waals surface area contributed by atoms with Crippen LogP contribution in [0.15, 0.2) is 41.5 Å². The molecule has 5 aliphatic rings. The van der Waals surface area contributed by atoms with Crippen LogP contribution in [-0.2, 0) is 38.0 Å². The van der Waals surface area contributed by atoms with Crippen molar-refractivity contribution in [2.75, 3.05) is 4.90 Å². The summed E-state index contributed by atoms with van der Waals surface area (Å²) in [4.78, 5) is 45.4. The normalized spacial score (nSPS) is 38.7. The summed E-state index contributed by atoms with van der Waals surface area (Å²) in [6, 6.07) is 9.09. The van der Waals surface area contributed by atoms with Crippen LogP contribution in [0.1, 0.15) is 47.6 Å². The molecule has 0 radical (unpaired) electrons. The summed E-state index contributed by atoms with van der Waals surface area (Å²) in [5.74, 6) is -1.81. The van der Waals surface area contributed by atoms with Crippen molar-refractivity contribution in [2.24, 2.45) is 23.7 Å². The Hall–Kier alpha value is -2.38. The van der Waals surface area contributed by atoms with Crippen molar-refractivity contribution >= 4 is 45.4 Å². The second-order valence-electron chi connectivity index (χ2n) is 11.5. The Morgan fingerprint density at radius 3 is 1.75 bits per heavy atom. The smallest absolute Gasteiger partial charge is 0.239 e. The summed E-state index contributed by atoms with van der Waals surface area (Å²) in [5.41, 5.74) is 5.30. The van der Waals surface area contributed by atoms with Gasteiger partial charge in [-0.1, -0.05) is 18.2 Å². The van der Waals surface area contributed by atoms with E-state index in [1.165, 1.54) is 25.8 Å². The fourth-order valence-corrected chi connectivity index (χ4v) is 12.1. The van der Waals surface area contributed by atoms with E-state index in [1.807, 2.05) is 43.4 Å². The van der Waals surface area contributed by atoms with Gasteiger partial charge in [-0.3, -0.25) is 18.6 Å². The second kappa shape index (κ2) is 7.13. The van der Waals surface area contributed by atoms with Gasteiger partial charge in [0.2, 0.25) is 11.8 Å². The number of para-hydroxylation sites is 1.